The molecule has 4 heteroatoms. The van der Waals surface area contributed by atoms with Crippen LogP contribution < -0.4 is 10.6 Å². The fourth-order valence-electron chi connectivity index (χ4n) is 1.93. The number of ether oxygens (including phenoxy) is 1. The summed E-state index contributed by atoms with van der Waals surface area (Å²) >= 11 is 0. The topological polar surface area (TPSA) is 50.4 Å². The van der Waals surface area contributed by atoms with E-state index in [1.807, 2.05) is 13.8 Å². The van der Waals surface area contributed by atoms with E-state index in [9.17, 15) is 4.79 Å². The number of hydrogen-bond donors (Lipinski definition) is 2. The van der Waals surface area contributed by atoms with Gasteiger partial charge in [-0.05, 0) is 26.3 Å². The van der Waals surface area contributed by atoms with Crippen LogP contribution in [0.2, 0.25) is 0 Å². The lowest BCUT2D eigenvalue weighted by Crippen LogP contribution is -2.45. The maximum Gasteiger partial charge on any atom is 0.224 e. The van der Waals surface area contributed by atoms with E-state index in [4.69, 9.17) is 4.74 Å². The lowest BCUT2D eigenvalue weighted by Gasteiger charge is -2.28. The van der Waals surface area contributed by atoms with Crippen LogP contribution in [0.1, 0.15) is 33.6 Å². The van der Waals surface area contributed by atoms with Gasteiger partial charge in [-0.25, -0.2) is 0 Å². The van der Waals surface area contributed by atoms with Crippen molar-refractivity contribution in [3.8, 4) is 0 Å². The van der Waals surface area contributed by atoms with Crippen LogP contribution in [0, 0.1) is 5.92 Å². The Bertz CT molecular complexity index is 221. The van der Waals surface area contributed by atoms with E-state index in [0.29, 0.717) is 6.04 Å². The highest BCUT2D eigenvalue weighted by atomic mass is 16.5. The molecule has 1 aliphatic heterocycles. The molecule has 0 spiro atoms. The maximum absolute atomic E-state index is 11.8. The number of hydrogen-bond acceptors (Lipinski definition) is 3. The second-order valence-corrected chi connectivity index (χ2v) is 4.62. The maximum atomic E-state index is 11.8. The summed E-state index contributed by atoms with van der Waals surface area (Å²) in [6, 6.07) is 0.292. The first-order chi connectivity index (χ1) is 7.63. The lowest BCUT2D eigenvalue weighted by atomic mass is 10.0. The summed E-state index contributed by atoms with van der Waals surface area (Å²) in [4.78, 5) is 11.8. The van der Waals surface area contributed by atoms with Gasteiger partial charge in [0.15, 0.2) is 0 Å². The fourth-order valence-corrected chi connectivity index (χ4v) is 1.93. The second-order valence-electron chi connectivity index (χ2n) is 4.62. The first-order valence-corrected chi connectivity index (χ1v) is 6.26. The fraction of sp³-hybridized carbons (Fsp3) is 0.917. The molecule has 0 bridgehead atoms. The Labute approximate surface area is 98.1 Å². The summed E-state index contributed by atoms with van der Waals surface area (Å²) in [7, 11) is 0. The largest absolute Gasteiger partial charge is 0.378 e. The Kier molecular flexibility index (Phi) is 5.77. The zero-order valence-electron chi connectivity index (χ0n) is 10.6. The normalized spacial score (nSPS) is 27.4. The monoisotopic (exact) mass is 228 g/mol. The van der Waals surface area contributed by atoms with Gasteiger partial charge >= 0.3 is 0 Å². The number of carbonyl (C=O) groups excluding carboxylic acids is 1. The number of amides is 1. The number of carbonyl (C=O) groups is 1. The molecule has 1 fully saturated rings. The highest BCUT2D eigenvalue weighted by Crippen LogP contribution is 2.13. The molecule has 4 nitrogen and oxygen atoms in total. The molecule has 3 atom stereocenters. The minimum absolute atomic E-state index is 0.0399. The second kappa shape index (κ2) is 6.86. The summed E-state index contributed by atoms with van der Waals surface area (Å²) < 4.78 is 5.45. The zero-order valence-corrected chi connectivity index (χ0v) is 10.6. The van der Waals surface area contributed by atoms with Crippen molar-refractivity contribution in [2.45, 2.75) is 45.8 Å². The van der Waals surface area contributed by atoms with Crippen LogP contribution in [-0.2, 0) is 9.53 Å². The zero-order chi connectivity index (χ0) is 12.0. The molecule has 0 aromatic carbocycles. The predicted octanol–water partition coefficient (Wildman–Crippen LogP) is 0.916. The molecule has 1 rings (SSSR count). The van der Waals surface area contributed by atoms with Gasteiger partial charge in [0.1, 0.15) is 0 Å². The van der Waals surface area contributed by atoms with Crippen molar-refractivity contribution in [3.63, 3.8) is 0 Å². The molecule has 0 saturated carbocycles. The van der Waals surface area contributed by atoms with Gasteiger partial charge in [0.05, 0.1) is 6.10 Å². The van der Waals surface area contributed by atoms with Crippen molar-refractivity contribution < 1.29 is 9.53 Å². The molecule has 1 aliphatic rings. The Hall–Kier alpha value is -0.610. The molecular weight excluding hydrogens is 204 g/mol. The molecule has 1 heterocycles. The SMILES string of the molecule is CCNCC(C)C(=O)NC1CCOC(C)C1. The van der Waals surface area contributed by atoms with Gasteiger partial charge in [-0.3, -0.25) is 4.79 Å². The van der Waals surface area contributed by atoms with Gasteiger partial charge in [-0.2, -0.15) is 0 Å². The van der Waals surface area contributed by atoms with Gasteiger partial charge in [0.2, 0.25) is 5.91 Å². The molecule has 0 aliphatic carbocycles. The van der Waals surface area contributed by atoms with E-state index < -0.39 is 0 Å². The third kappa shape index (κ3) is 4.49. The Morgan fingerprint density at radius 3 is 2.94 bits per heavy atom. The van der Waals surface area contributed by atoms with E-state index in [0.717, 1.165) is 32.5 Å². The smallest absolute Gasteiger partial charge is 0.224 e. The van der Waals surface area contributed by atoms with E-state index in [-0.39, 0.29) is 17.9 Å². The lowest BCUT2D eigenvalue weighted by molar-refractivity contribution is -0.126. The highest BCUT2D eigenvalue weighted by Gasteiger charge is 2.22. The molecule has 1 saturated heterocycles. The van der Waals surface area contributed by atoms with Crippen molar-refractivity contribution in [1.82, 2.24) is 10.6 Å². The minimum Gasteiger partial charge on any atom is -0.378 e. The van der Waals surface area contributed by atoms with Crippen LogP contribution in [0.3, 0.4) is 0 Å². The molecule has 3 unspecified atom stereocenters. The minimum atomic E-state index is 0.0399. The Balaban J connectivity index is 2.26. The van der Waals surface area contributed by atoms with Crippen molar-refractivity contribution in [1.29, 1.82) is 0 Å². The summed E-state index contributed by atoms with van der Waals surface area (Å²) in [6.07, 6.45) is 2.13. The first kappa shape index (κ1) is 13.5. The summed E-state index contributed by atoms with van der Waals surface area (Å²) in [5.41, 5.74) is 0. The van der Waals surface area contributed by atoms with Crippen molar-refractivity contribution >= 4 is 5.91 Å². The Morgan fingerprint density at radius 1 is 1.56 bits per heavy atom. The molecule has 1 amide bonds. The van der Waals surface area contributed by atoms with Gasteiger partial charge in [0, 0.05) is 25.1 Å². The summed E-state index contributed by atoms with van der Waals surface area (Å²) in [5, 5.41) is 6.29. The van der Waals surface area contributed by atoms with Crippen LogP contribution in [-0.4, -0.2) is 37.7 Å². The van der Waals surface area contributed by atoms with Crippen LogP contribution in [0.4, 0.5) is 0 Å². The van der Waals surface area contributed by atoms with Crippen LogP contribution in [0.25, 0.3) is 0 Å². The summed E-state index contributed by atoms with van der Waals surface area (Å²) in [6.45, 7) is 8.48. The average Bonchev–Trinajstić information content (AvgIpc) is 2.25. The third-order valence-electron chi connectivity index (χ3n) is 2.98. The number of rotatable bonds is 5. The average molecular weight is 228 g/mol. The molecule has 2 N–H and O–H groups in total. The van der Waals surface area contributed by atoms with Gasteiger partial charge < -0.3 is 15.4 Å². The highest BCUT2D eigenvalue weighted by molar-refractivity contribution is 5.78. The molecule has 0 aromatic rings. The third-order valence-corrected chi connectivity index (χ3v) is 2.98. The summed E-state index contributed by atoms with van der Waals surface area (Å²) in [5.74, 6) is 0.193. The van der Waals surface area contributed by atoms with Crippen LogP contribution in [0.5, 0.6) is 0 Å². The first-order valence-electron chi connectivity index (χ1n) is 6.26. The predicted molar refractivity (Wildman–Crippen MR) is 64.3 cm³/mol. The standard InChI is InChI=1S/C12H24N2O2/c1-4-13-8-9(2)12(15)14-11-5-6-16-10(3)7-11/h9-11,13H,4-8H2,1-3H3,(H,14,15). The van der Waals surface area contributed by atoms with Crippen LogP contribution >= 0.6 is 0 Å². The van der Waals surface area contributed by atoms with Gasteiger partial charge in [-0.15, -0.1) is 0 Å². The molecule has 94 valence electrons. The van der Waals surface area contributed by atoms with Crippen LogP contribution in [0.15, 0.2) is 0 Å². The molecule has 0 aromatic heterocycles. The van der Waals surface area contributed by atoms with Crippen molar-refractivity contribution in [2.24, 2.45) is 5.92 Å². The van der Waals surface area contributed by atoms with E-state index >= 15 is 0 Å². The quantitative estimate of drug-likeness (QED) is 0.735. The van der Waals surface area contributed by atoms with Gasteiger partial charge in [-0.1, -0.05) is 13.8 Å². The van der Waals surface area contributed by atoms with E-state index in [1.165, 1.54) is 0 Å². The van der Waals surface area contributed by atoms with E-state index in [1.54, 1.807) is 0 Å². The molecule has 16 heavy (non-hydrogen) atoms. The number of nitrogens with one attached hydrogen (secondary N) is 2. The van der Waals surface area contributed by atoms with E-state index in [2.05, 4.69) is 17.6 Å². The molecular formula is C12H24N2O2. The molecule has 0 radical (unpaired) electrons. The van der Waals surface area contributed by atoms with Crippen molar-refractivity contribution in [2.75, 3.05) is 19.7 Å². The van der Waals surface area contributed by atoms with Crippen molar-refractivity contribution in [3.05, 3.63) is 0 Å². The van der Waals surface area contributed by atoms with Gasteiger partial charge in [0.25, 0.3) is 0 Å². The Morgan fingerprint density at radius 2 is 2.31 bits per heavy atom.